The molecule has 0 saturated carbocycles. The molecular formula is C16H22O4S. The molecule has 0 bridgehead atoms. The molecule has 0 radical (unpaired) electrons. The van der Waals surface area contributed by atoms with Crippen LogP contribution in [0.5, 0.6) is 0 Å². The Morgan fingerprint density at radius 3 is 1.43 bits per heavy atom. The predicted molar refractivity (Wildman–Crippen MR) is 89.2 cm³/mol. The number of hydrogen-bond donors (Lipinski definition) is 0. The second-order valence-electron chi connectivity index (χ2n) is 3.29. The maximum absolute atomic E-state index is 10.8. The molecule has 0 aliphatic carbocycles. The number of rotatable bonds is 10. The summed E-state index contributed by atoms with van der Waals surface area (Å²) in [5.41, 5.74) is 0. The Labute approximate surface area is 130 Å². The van der Waals surface area contributed by atoms with Gasteiger partial charge in [0.25, 0.3) is 0 Å². The molecule has 0 aromatic rings. The molecule has 0 heterocycles. The summed E-state index contributed by atoms with van der Waals surface area (Å²) < 4.78 is 9.15. The van der Waals surface area contributed by atoms with Gasteiger partial charge in [-0.1, -0.05) is 37.5 Å². The number of thioether (sulfide) groups is 1. The molecular weight excluding hydrogens is 288 g/mol. The van der Waals surface area contributed by atoms with Crippen molar-refractivity contribution < 1.29 is 19.1 Å². The van der Waals surface area contributed by atoms with Crippen LogP contribution >= 0.6 is 11.8 Å². The lowest BCUT2D eigenvalue weighted by molar-refractivity contribution is -0.139. The minimum absolute atomic E-state index is 0.116. The summed E-state index contributed by atoms with van der Waals surface area (Å²) in [7, 11) is 0. The van der Waals surface area contributed by atoms with Gasteiger partial charge < -0.3 is 9.47 Å². The third kappa shape index (κ3) is 20.5. The van der Waals surface area contributed by atoms with Gasteiger partial charge in [0.15, 0.2) is 0 Å². The van der Waals surface area contributed by atoms with Gasteiger partial charge in [-0.15, -0.1) is 13.2 Å². The molecule has 0 aliphatic rings. The number of carbonyl (C=O) groups excluding carboxylic acids is 2. The lowest BCUT2D eigenvalue weighted by Crippen LogP contribution is -2.04. The van der Waals surface area contributed by atoms with Gasteiger partial charge in [0, 0.05) is 23.7 Å². The molecule has 0 fully saturated rings. The lowest BCUT2D eigenvalue weighted by atomic mass is 10.5. The Morgan fingerprint density at radius 1 is 0.762 bits per heavy atom. The minimum atomic E-state index is -0.611. The van der Waals surface area contributed by atoms with Crippen molar-refractivity contribution in [1.29, 1.82) is 0 Å². The first-order valence-electron chi connectivity index (χ1n) is 6.15. The molecule has 116 valence electrons. The average Bonchev–Trinajstić information content (AvgIpc) is 2.50. The molecule has 0 rings (SSSR count). The van der Waals surface area contributed by atoms with E-state index in [1.807, 2.05) is 23.9 Å². The van der Waals surface area contributed by atoms with Gasteiger partial charge >= 0.3 is 11.9 Å². The third-order valence-electron chi connectivity index (χ3n) is 1.51. The summed E-state index contributed by atoms with van der Waals surface area (Å²) in [5, 5.41) is 0. The van der Waals surface area contributed by atoms with E-state index in [2.05, 4.69) is 35.8 Å². The molecule has 0 unspecified atom stereocenters. The van der Waals surface area contributed by atoms with Gasteiger partial charge in [0.05, 0.1) is 0 Å². The Balaban J connectivity index is 0. The molecule has 0 amide bonds. The molecule has 21 heavy (non-hydrogen) atoms. The fraction of sp³-hybridized carbons (Fsp3) is 0.250. The fourth-order valence-electron chi connectivity index (χ4n) is 0.749. The summed E-state index contributed by atoms with van der Waals surface area (Å²) in [5.74, 6) is 0.846. The van der Waals surface area contributed by atoms with Crippen molar-refractivity contribution in [3.05, 3.63) is 62.8 Å². The molecule has 0 N–H and O–H groups in total. The third-order valence-corrected chi connectivity index (χ3v) is 2.46. The van der Waals surface area contributed by atoms with E-state index in [0.29, 0.717) is 0 Å². The van der Waals surface area contributed by atoms with Crippen LogP contribution in [0.4, 0.5) is 0 Å². The van der Waals surface area contributed by atoms with E-state index in [-0.39, 0.29) is 13.2 Å². The van der Waals surface area contributed by atoms with Crippen molar-refractivity contribution in [3.8, 4) is 0 Å². The molecule has 0 aromatic carbocycles. The van der Waals surface area contributed by atoms with Crippen molar-refractivity contribution >= 4 is 23.7 Å². The lowest BCUT2D eigenvalue weighted by Gasteiger charge is -1.96. The van der Waals surface area contributed by atoms with E-state index in [1.165, 1.54) is 12.2 Å². The molecule has 4 nitrogen and oxygen atoms in total. The van der Waals surface area contributed by atoms with Gasteiger partial charge in [0.2, 0.25) is 0 Å². The molecule has 0 spiro atoms. The fourth-order valence-corrected chi connectivity index (χ4v) is 1.22. The van der Waals surface area contributed by atoms with Crippen LogP contribution < -0.4 is 0 Å². The summed E-state index contributed by atoms with van der Waals surface area (Å²) in [6.07, 6.45) is 8.65. The first-order chi connectivity index (χ1) is 10.1. The van der Waals surface area contributed by atoms with Crippen LogP contribution in [-0.4, -0.2) is 36.7 Å². The maximum Gasteiger partial charge on any atom is 0.331 e. The highest BCUT2D eigenvalue weighted by atomic mass is 32.2. The van der Waals surface area contributed by atoms with Crippen LogP contribution in [0.1, 0.15) is 0 Å². The zero-order chi connectivity index (χ0) is 16.3. The quantitative estimate of drug-likeness (QED) is 0.269. The van der Waals surface area contributed by atoms with Crippen LogP contribution in [0.2, 0.25) is 0 Å². The highest BCUT2D eigenvalue weighted by Gasteiger charge is 1.98. The molecule has 5 heteroatoms. The highest BCUT2D eigenvalue weighted by Crippen LogP contribution is 1.97. The Morgan fingerprint density at radius 2 is 1.14 bits per heavy atom. The van der Waals surface area contributed by atoms with Gasteiger partial charge in [0.1, 0.15) is 13.2 Å². The minimum Gasteiger partial charge on any atom is -0.458 e. The molecule has 0 atom stereocenters. The smallest absolute Gasteiger partial charge is 0.331 e. The standard InChI is InChI=1S/C10H12O4.C6H10S/c1-3-7-13-9(11)5-6-10(12)14-8-4-2;1-3-5-7-6-4-2/h3-6H,1-2,7-8H2;3-4H,1-2,5-6H2/b6-5-;. The normalized spacial score (nSPS) is 8.95. The second-order valence-corrected chi connectivity index (χ2v) is 4.36. The van der Waals surface area contributed by atoms with E-state index in [0.717, 1.165) is 23.7 Å². The number of hydrogen-bond acceptors (Lipinski definition) is 5. The van der Waals surface area contributed by atoms with E-state index < -0.39 is 11.9 Å². The van der Waals surface area contributed by atoms with Crippen molar-refractivity contribution in [2.45, 2.75) is 0 Å². The Kier molecular flexibility index (Phi) is 18.2. The van der Waals surface area contributed by atoms with Gasteiger partial charge in [-0.2, -0.15) is 11.8 Å². The summed E-state index contributed by atoms with van der Waals surface area (Å²) in [6.45, 7) is 14.1. The number of carbonyl (C=O) groups is 2. The van der Waals surface area contributed by atoms with Gasteiger partial charge in [-0.25, -0.2) is 9.59 Å². The maximum atomic E-state index is 10.8. The van der Waals surface area contributed by atoms with Crippen LogP contribution in [0, 0.1) is 0 Å². The molecule has 0 aromatic heterocycles. The molecule has 0 saturated heterocycles. The first kappa shape index (κ1) is 21.3. The van der Waals surface area contributed by atoms with Crippen LogP contribution in [0.3, 0.4) is 0 Å². The van der Waals surface area contributed by atoms with Crippen LogP contribution in [-0.2, 0) is 19.1 Å². The van der Waals surface area contributed by atoms with Crippen molar-refractivity contribution in [2.24, 2.45) is 0 Å². The monoisotopic (exact) mass is 310 g/mol. The number of ether oxygens (including phenoxy) is 2. The van der Waals surface area contributed by atoms with Crippen molar-refractivity contribution in [1.82, 2.24) is 0 Å². The summed E-state index contributed by atoms with van der Waals surface area (Å²) in [4.78, 5) is 21.6. The SMILES string of the molecule is C=CCOC(=O)/C=C\C(=O)OCC=C.C=CCSCC=C. The molecule has 0 aliphatic heterocycles. The highest BCUT2D eigenvalue weighted by molar-refractivity contribution is 7.99. The zero-order valence-electron chi connectivity index (χ0n) is 12.2. The van der Waals surface area contributed by atoms with E-state index in [4.69, 9.17) is 0 Å². The van der Waals surface area contributed by atoms with E-state index >= 15 is 0 Å². The average molecular weight is 310 g/mol. The van der Waals surface area contributed by atoms with Crippen molar-refractivity contribution in [2.75, 3.05) is 24.7 Å². The van der Waals surface area contributed by atoms with Crippen LogP contribution in [0.15, 0.2) is 62.8 Å². The van der Waals surface area contributed by atoms with Crippen LogP contribution in [0.25, 0.3) is 0 Å². The largest absolute Gasteiger partial charge is 0.458 e. The van der Waals surface area contributed by atoms with E-state index in [9.17, 15) is 9.59 Å². The number of esters is 2. The summed E-state index contributed by atoms with van der Waals surface area (Å²) >= 11 is 1.82. The predicted octanol–water partition coefficient (Wildman–Crippen LogP) is 3.09. The first-order valence-corrected chi connectivity index (χ1v) is 7.30. The zero-order valence-corrected chi connectivity index (χ0v) is 13.0. The Bertz CT molecular complexity index is 338. The Hall–Kier alpha value is -2.01. The second kappa shape index (κ2) is 18.0. The van der Waals surface area contributed by atoms with E-state index in [1.54, 1.807) is 0 Å². The van der Waals surface area contributed by atoms with Crippen molar-refractivity contribution in [3.63, 3.8) is 0 Å². The topological polar surface area (TPSA) is 52.6 Å². The van der Waals surface area contributed by atoms with Gasteiger partial charge in [-0.3, -0.25) is 0 Å². The summed E-state index contributed by atoms with van der Waals surface area (Å²) in [6, 6.07) is 0. The van der Waals surface area contributed by atoms with Gasteiger partial charge in [-0.05, 0) is 0 Å².